The van der Waals surface area contributed by atoms with Crippen LogP contribution in [0, 0.1) is 6.92 Å². The third-order valence-corrected chi connectivity index (χ3v) is 6.12. The Kier molecular flexibility index (Phi) is 4.54. The first kappa shape index (κ1) is 18.1. The fourth-order valence-corrected chi connectivity index (χ4v) is 4.60. The van der Waals surface area contributed by atoms with Gasteiger partial charge in [-0.25, -0.2) is 0 Å². The van der Waals surface area contributed by atoms with Crippen LogP contribution in [-0.4, -0.2) is 18.0 Å². The van der Waals surface area contributed by atoms with Crippen molar-refractivity contribution in [1.29, 1.82) is 0 Å². The fourth-order valence-electron chi connectivity index (χ4n) is 3.15. The van der Waals surface area contributed by atoms with Gasteiger partial charge in [-0.05, 0) is 41.7 Å². The van der Waals surface area contributed by atoms with Gasteiger partial charge in [0.1, 0.15) is 0 Å². The zero-order chi connectivity index (χ0) is 19.1. The smallest absolute Gasteiger partial charge is 0.254 e. The lowest BCUT2D eigenvalue weighted by atomic mass is 9.92. The number of benzene rings is 1. The van der Waals surface area contributed by atoms with Gasteiger partial charge in [0, 0.05) is 11.1 Å². The van der Waals surface area contributed by atoms with Gasteiger partial charge in [0.2, 0.25) is 5.91 Å². The molecule has 1 aromatic carbocycles. The van der Waals surface area contributed by atoms with E-state index < -0.39 is 17.4 Å². The summed E-state index contributed by atoms with van der Waals surface area (Å²) >= 11 is 1.34. The number of aliphatic imine (C=N–C) groups is 1. The molecule has 1 aliphatic heterocycles. The van der Waals surface area contributed by atoms with E-state index in [9.17, 15) is 9.59 Å². The molecule has 1 aromatic heterocycles. The lowest BCUT2D eigenvalue weighted by Crippen LogP contribution is -2.37. The quantitative estimate of drug-likeness (QED) is 0.848. The zero-order valence-electron chi connectivity index (χ0n) is 14.9. The highest BCUT2D eigenvalue weighted by molar-refractivity contribution is 7.16. The van der Waals surface area contributed by atoms with Crippen LogP contribution in [0.5, 0.6) is 0 Å². The Morgan fingerprint density at radius 1 is 1.15 bits per heavy atom. The number of primary amides is 2. The Bertz CT molecular complexity index is 925. The van der Waals surface area contributed by atoms with E-state index in [-0.39, 0.29) is 0 Å². The van der Waals surface area contributed by atoms with Gasteiger partial charge in [-0.3, -0.25) is 14.6 Å². The van der Waals surface area contributed by atoms with Gasteiger partial charge in [-0.2, -0.15) is 0 Å². The predicted molar refractivity (Wildman–Crippen MR) is 106 cm³/mol. The number of allylic oxidation sites excluding steroid dienone is 1. The van der Waals surface area contributed by atoms with E-state index in [2.05, 4.69) is 31.0 Å². The van der Waals surface area contributed by atoms with Crippen LogP contribution in [0.1, 0.15) is 46.1 Å². The number of carbonyl (C=O) groups excluding carboxylic acids is 2. The van der Waals surface area contributed by atoms with Crippen molar-refractivity contribution in [1.82, 2.24) is 0 Å². The molecular weight excluding hydrogens is 346 g/mol. The van der Waals surface area contributed by atoms with E-state index in [0.29, 0.717) is 16.4 Å². The van der Waals surface area contributed by atoms with E-state index in [1.807, 2.05) is 19.1 Å². The van der Waals surface area contributed by atoms with Crippen molar-refractivity contribution in [2.75, 3.05) is 0 Å². The summed E-state index contributed by atoms with van der Waals surface area (Å²) in [6.45, 7) is 6.11. The number of hydrogen-bond donors (Lipinski definition) is 2. The van der Waals surface area contributed by atoms with Gasteiger partial charge in [-0.15, -0.1) is 11.3 Å². The maximum Gasteiger partial charge on any atom is 0.254 e. The van der Waals surface area contributed by atoms with Crippen molar-refractivity contribution in [3.63, 3.8) is 0 Å². The highest BCUT2D eigenvalue weighted by Crippen LogP contribution is 2.44. The molecule has 6 heteroatoms. The Morgan fingerprint density at radius 3 is 2.27 bits per heavy atom. The van der Waals surface area contributed by atoms with Crippen LogP contribution in [0.15, 0.2) is 41.4 Å². The van der Waals surface area contributed by atoms with Crippen LogP contribution in [0.2, 0.25) is 0 Å². The summed E-state index contributed by atoms with van der Waals surface area (Å²) in [5.74, 6) is -0.788. The molecule has 0 spiro atoms. The molecule has 2 amide bonds. The maximum atomic E-state index is 12.2. The summed E-state index contributed by atoms with van der Waals surface area (Å²) < 4.78 is 0. The molecule has 1 unspecified atom stereocenters. The number of nitrogens with zero attached hydrogens (tertiary/aromatic N) is 1. The third kappa shape index (κ3) is 2.76. The van der Waals surface area contributed by atoms with Crippen molar-refractivity contribution < 1.29 is 9.59 Å². The summed E-state index contributed by atoms with van der Waals surface area (Å²) in [5.41, 5.74) is 13.2. The molecule has 2 heterocycles. The van der Waals surface area contributed by atoms with E-state index >= 15 is 0 Å². The SMILES string of the molecule is Cc1c(-c2ccc(C(C)C)cc2)sc(C2(C(N)=O)C=CC=N2)c1C(N)=O. The minimum atomic E-state index is -1.37. The molecule has 0 radical (unpaired) electrons. The molecule has 2 aromatic rings. The van der Waals surface area contributed by atoms with Crippen LogP contribution in [0.4, 0.5) is 0 Å². The molecule has 0 aliphatic carbocycles. The zero-order valence-corrected chi connectivity index (χ0v) is 15.8. The first-order valence-corrected chi connectivity index (χ1v) is 9.16. The Labute approximate surface area is 156 Å². The molecule has 4 N–H and O–H groups in total. The van der Waals surface area contributed by atoms with E-state index in [4.69, 9.17) is 11.5 Å². The number of hydrogen-bond acceptors (Lipinski definition) is 4. The number of thiophene rings is 1. The van der Waals surface area contributed by atoms with Crippen molar-refractivity contribution in [2.24, 2.45) is 16.5 Å². The Morgan fingerprint density at radius 2 is 1.81 bits per heavy atom. The summed E-state index contributed by atoms with van der Waals surface area (Å²) in [4.78, 5) is 30.0. The standard InChI is InChI=1S/C20H21N3O2S/c1-11(2)13-5-7-14(8-6-13)16-12(3)15(18(21)24)17(26-16)20(19(22)25)9-4-10-23-20/h4-11H,1-3H3,(H2,21,24)(H2,22,25). The lowest BCUT2D eigenvalue weighted by molar-refractivity contribution is -0.121. The van der Waals surface area contributed by atoms with Gasteiger partial charge >= 0.3 is 0 Å². The van der Waals surface area contributed by atoms with Gasteiger partial charge < -0.3 is 11.5 Å². The summed E-state index contributed by atoms with van der Waals surface area (Å²) in [7, 11) is 0. The van der Waals surface area contributed by atoms with Crippen molar-refractivity contribution >= 4 is 29.4 Å². The molecule has 0 bridgehead atoms. The van der Waals surface area contributed by atoms with E-state index in [1.165, 1.54) is 23.1 Å². The highest BCUT2D eigenvalue weighted by atomic mass is 32.1. The van der Waals surface area contributed by atoms with Crippen LogP contribution in [-0.2, 0) is 10.3 Å². The van der Waals surface area contributed by atoms with Crippen LogP contribution in [0.25, 0.3) is 10.4 Å². The number of nitrogens with two attached hydrogens (primary N) is 2. The molecule has 0 saturated carbocycles. The highest BCUT2D eigenvalue weighted by Gasteiger charge is 2.42. The minimum Gasteiger partial charge on any atom is -0.367 e. The first-order valence-electron chi connectivity index (χ1n) is 8.35. The molecule has 0 fully saturated rings. The second kappa shape index (κ2) is 6.53. The molecule has 1 atom stereocenters. The monoisotopic (exact) mass is 367 g/mol. The van der Waals surface area contributed by atoms with Gasteiger partial charge in [-0.1, -0.05) is 38.1 Å². The molecule has 5 nitrogen and oxygen atoms in total. The van der Waals surface area contributed by atoms with Crippen molar-refractivity contribution in [2.45, 2.75) is 32.2 Å². The van der Waals surface area contributed by atoms with Crippen molar-refractivity contribution in [3.8, 4) is 10.4 Å². The van der Waals surface area contributed by atoms with Crippen LogP contribution < -0.4 is 11.5 Å². The number of rotatable bonds is 5. The number of amides is 2. The third-order valence-electron chi connectivity index (χ3n) is 4.66. The van der Waals surface area contributed by atoms with Gasteiger partial charge in [0.25, 0.3) is 5.91 Å². The van der Waals surface area contributed by atoms with Crippen molar-refractivity contribution in [3.05, 3.63) is 58.0 Å². The van der Waals surface area contributed by atoms with E-state index in [1.54, 1.807) is 12.2 Å². The second-order valence-corrected chi connectivity index (χ2v) is 7.69. The molecule has 3 rings (SSSR count). The average Bonchev–Trinajstić information content (AvgIpc) is 3.20. The molecular formula is C20H21N3O2S. The molecule has 1 aliphatic rings. The Balaban J connectivity index is 2.21. The first-order chi connectivity index (χ1) is 12.3. The molecule has 0 saturated heterocycles. The predicted octanol–water partition coefficient (Wildman–Crippen LogP) is 3.27. The topological polar surface area (TPSA) is 98.5 Å². The Hall–Kier alpha value is -2.73. The van der Waals surface area contributed by atoms with Gasteiger partial charge in [0.05, 0.1) is 10.4 Å². The average molecular weight is 367 g/mol. The largest absolute Gasteiger partial charge is 0.367 e. The number of carbonyl (C=O) groups is 2. The normalized spacial score (nSPS) is 18.6. The summed E-state index contributed by atoms with van der Waals surface area (Å²) in [6, 6.07) is 8.18. The second-order valence-electron chi connectivity index (χ2n) is 6.67. The summed E-state index contributed by atoms with van der Waals surface area (Å²) in [6.07, 6.45) is 4.78. The summed E-state index contributed by atoms with van der Waals surface area (Å²) in [5, 5.41) is 0. The minimum absolute atomic E-state index is 0.320. The lowest BCUT2D eigenvalue weighted by Gasteiger charge is -2.20. The fraction of sp³-hybridized carbons (Fsp3) is 0.250. The molecule has 26 heavy (non-hydrogen) atoms. The molecule has 134 valence electrons. The maximum absolute atomic E-state index is 12.2. The van der Waals surface area contributed by atoms with Gasteiger partial charge in [0.15, 0.2) is 5.54 Å². The van der Waals surface area contributed by atoms with Crippen LogP contribution >= 0.6 is 11.3 Å². The van der Waals surface area contributed by atoms with Crippen LogP contribution in [0.3, 0.4) is 0 Å². The van der Waals surface area contributed by atoms with E-state index in [0.717, 1.165) is 16.0 Å².